The van der Waals surface area contributed by atoms with Crippen LogP contribution in [0.3, 0.4) is 0 Å². The van der Waals surface area contributed by atoms with Gasteiger partial charge in [0.2, 0.25) is 0 Å². The van der Waals surface area contributed by atoms with Gasteiger partial charge in [0.05, 0.1) is 0 Å². The lowest BCUT2D eigenvalue weighted by Crippen LogP contribution is -2.34. The van der Waals surface area contributed by atoms with Crippen molar-refractivity contribution in [1.29, 1.82) is 0 Å². The number of benzene rings is 1. The fourth-order valence-corrected chi connectivity index (χ4v) is 2.35. The first-order valence-corrected chi connectivity index (χ1v) is 5.46. The van der Waals surface area contributed by atoms with Gasteiger partial charge >= 0.3 is 5.97 Å². The van der Waals surface area contributed by atoms with Crippen LogP contribution in [0.25, 0.3) is 0 Å². The highest BCUT2D eigenvalue weighted by Gasteiger charge is 2.54. The molecule has 1 saturated carbocycles. The summed E-state index contributed by atoms with van der Waals surface area (Å²) in [4.78, 5) is 10.9. The van der Waals surface area contributed by atoms with Gasteiger partial charge in [0, 0.05) is 5.41 Å². The zero-order valence-corrected chi connectivity index (χ0v) is 9.53. The summed E-state index contributed by atoms with van der Waals surface area (Å²) in [6.07, 6.45) is 0.225. The molecule has 0 radical (unpaired) electrons. The first-order chi connectivity index (χ1) is 7.49. The van der Waals surface area contributed by atoms with E-state index in [9.17, 15) is 9.90 Å². The molecular formula is C13H16O3. The average Bonchev–Trinajstić information content (AvgIpc) is 3.02. The second-order valence-corrected chi connectivity index (χ2v) is 4.64. The van der Waals surface area contributed by atoms with Crippen molar-refractivity contribution in [2.24, 2.45) is 0 Å². The normalized spacial score (nSPS) is 19.2. The van der Waals surface area contributed by atoms with Gasteiger partial charge < -0.3 is 10.2 Å². The number of carbonyl (C=O) groups is 1. The first-order valence-electron chi connectivity index (χ1n) is 5.46. The maximum atomic E-state index is 10.9. The smallest absolute Gasteiger partial charge is 0.333 e. The molecule has 3 heteroatoms. The largest absolute Gasteiger partial charge is 0.479 e. The molecule has 0 spiro atoms. The third-order valence-corrected chi connectivity index (χ3v) is 3.69. The maximum Gasteiger partial charge on any atom is 0.333 e. The van der Waals surface area contributed by atoms with E-state index < -0.39 is 17.5 Å². The van der Waals surface area contributed by atoms with Crippen LogP contribution in [0.1, 0.15) is 29.5 Å². The van der Waals surface area contributed by atoms with E-state index in [1.807, 2.05) is 32.0 Å². The van der Waals surface area contributed by atoms with Gasteiger partial charge in [-0.2, -0.15) is 0 Å². The maximum absolute atomic E-state index is 10.9. The summed E-state index contributed by atoms with van der Waals surface area (Å²) in [6, 6.07) is 5.86. The van der Waals surface area contributed by atoms with E-state index in [2.05, 4.69) is 0 Å². The van der Waals surface area contributed by atoms with E-state index in [-0.39, 0.29) is 0 Å². The van der Waals surface area contributed by atoms with Gasteiger partial charge in [-0.3, -0.25) is 0 Å². The number of hydrogen-bond acceptors (Lipinski definition) is 2. The molecule has 2 N–H and O–H groups in total. The topological polar surface area (TPSA) is 57.5 Å². The molecule has 3 nitrogen and oxygen atoms in total. The molecule has 0 bridgehead atoms. The Morgan fingerprint density at radius 2 is 2.00 bits per heavy atom. The number of carboxylic acids is 1. The van der Waals surface area contributed by atoms with Gasteiger partial charge in [-0.15, -0.1) is 0 Å². The van der Waals surface area contributed by atoms with E-state index >= 15 is 0 Å². The van der Waals surface area contributed by atoms with Crippen molar-refractivity contribution in [1.82, 2.24) is 0 Å². The molecule has 1 aliphatic carbocycles. The van der Waals surface area contributed by atoms with Crippen molar-refractivity contribution in [3.05, 3.63) is 34.9 Å². The SMILES string of the molecule is Cc1cccc(C2(C(O)C(=O)O)CC2)c1C. The van der Waals surface area contributed by atoms with Crippen LogP contribution < -0.4 is 0 Å². The quantitative estimate of drug-likeness (QED) is 0.816. The highest BCUT2D eigenvalue weighted by atomic mass is 16.4. The van der Waals surface area contributed by atoms with Crippen LogP contribution in [0.15, 0.2) is 18.2 Å². The van der Waals surface area contributed by atoms with Crippen molar-refractivity contribution in [2.45, 2.75) is 38.2 Å². The average molecular weight is 220 g/mol. The second kappa shape index (κ2) is 3.59. The molecule has 0 amide bonds. The highest BCUT2D eigenvalue weighted by Crippen LogP contribution is 2.52. The Balaban J connectivity index is 2.45. The number of aryl methyl sites for hydroxylation is 1. The summed E-state index contributed by atoms with van der Waals surface area (Å²) in [5.74, 6) is -1.13. The summed E-state index contributed by atoms with van der Waals surface area (Å²) in [5, 5.41) is 18.7. The van der Waals surface area contributed by atoms with E-state index in [1.54, 1.807) is 0 Å². The predicted molar refractivity (Wildman–Crippen MR) is 60.5 cm³/mol. The van der Waals surface area contributed by atoms with Gasteiger partial charge in [0.1, 0.15) is 0 Å². The van der Waals surface area contributed by atoms with Crippen LogP contribution in [0.4, 0.5) is 0 Å². The number of hydrogen-bond donors (Lipinski definition) is 2. The van der Waals surface area contributed by atoms with Gasteiger partial charge in [-0.25, -0.2) is 4.79 Å². The standard InChI is InChI=1S/C13H16O3/c1-8-4-3-5-10(9(8)2)13(6-7-13)11(14)12(15)16/h3-5,11,14H,6-7H2,1-2H3,(H,15,16). The van der Waals surface area contributed by atoms with Crippen LogP contribution in [-0.4, -0.2) is 22.3 Å². The Labute approximate surface area is 94.7 Å². The van der Waals surface area contributed by atoms with Crippen LogP contribution in [-0.2, 0) is 10.2 Å². The zero-order chi connectivity index (χ0) is 11.9. The summed E-state index contributed by atoms with van der Waals surface area (Å²) in [6.45, 7) is 3.99. The molecule has 0 aliphatic heterocycles. The lowest BCUT2D eigenvalue weighted by atomic mass is 9.85. The number of carboxylic acid groups (broad SMARTS) is 1. The van der Waals surface area contributed by atoms with Crippen molar-refractivity contribution >= 4 is 5.97 Å². The molecule has 1 unspecified atom stereocenters. The molecule has 2 rings (SSSR count). The Hall–Kier alpha value is -1.35. The molecule has 1 atom stereocenters. The van der Waals surface area contributed by atoms with E-state index in [4.69, 9.17) is 5.11 Å². The molecule has 1 aliphatic rings. The van der Waals surface area contributed by atoms with E-state index in [1.165, 1.54) is 0 Å². The van der Waals surface area contributed by atoms with Gasteiger partial charge in [-0.1, -0.05) is 18.2 Å². The van der Waals surface area contributed by atoms with Crippen LogP contribution >= 0.6 is 0 Å². The summed E-state index contributed by atoms with van der Waals surface area (Å²) < 4.78 is 0. The minimum atomic E-state index is -1.28. The van der Waals surface area contributed by atoms with Crippen molar-refractivity contribution in [3.63, 3.8) is 0 Å². The molecule has 16 heavy (non-hydrogen) atoms. The Bertz CT molecular complexity index is 433. The molecule has 1 aromatic rings. The fourth-order valence-electron chi connectivity index (χ4n) is 2.35. The van der Waals surface area contributed by atoms with Gasteiger partial charge in [-0.05, 0) is 43.4 Å². The monoisotopic (exact) mass is 220 g/mol. The van der Waals surface area contributed by atoms with E-state index in [0.29, 0.717) is 0 Å². The highest BCUT2D eigenvalue weighted by molar-refractivity contribution is 5.76. The van der Waals surface area contributed by atoms with Crippen LogP contribution in [0, 0.1) is 13.8 Å². The lowest BCUT2D eigenvalue weighted by molar-refractivity contribution is -0.148. The predicted octanol–water partition coefficient (Wildman–Crippen LogP) is 1.78. The van der Waals surface area contributed by atoms with Crippen molar-refractivity contribution in [2.75, 3.05) is 0 Å². The summed E-state index contributed by atoms with van der Waals surface area (Å²) in [7, 11) is 0. The number of aliphatic hydroxyl groups is 1. The number of rotatable bonds is 3. The van der Waals surface area contributed by atoms with Crippen LogP contribution in [0.2, 0.25) is 0 Å². The minimum Gasteiger partial charge on any atom is -0.479 e. The number of aliphatic carboxylic acids is 1. The molecule has 1 fully saturated rings. The third-order valence-electron chi connectivity index (χ3n) is 3.69. The third kappa shape index (κ3) is 1.52. The Kier molecular flexibility index (Phi) is 2.50. The molecular weight excluding hydrogens is 204 g/mol. The van der Waals surface area contributed by atoms with E-state index in [0.717, 1.165) is 29.5 Å². The van der Waals surface area contributed by atoms with Gasteiger partial charge in [0.25, 0.3) is 0 Å². The minimum absolute atomic E-state index is 0.540. The second-order valence-electron chi connectivity index (χ2n) is 4.64. The Morgan fingerprint density at radius 1 is 1.38 bits per heavy atom. The summed E-state index contributed by atoms with van der Waals surface area (Å²) >= 11 is 0. The van der Waals surface area contributed by atoms with Crippen LogP contribution in [0.5, 0.6) is 0 Å². The first kappa shape index (κ1) is 11.1. The lowest BCUT2D eigenvalue weighted by Gasteiger charge is -2.22. The molecule has 1 aromatic carbocycles. The molecule has 86 valence electrons. The Morgan fingerprint density at radius 3 is 2.50 bits per heavy atom. The molecule has 0 saturated heterocycles. The zero-order valence-electron chi connectivity index (χ0n) is 9.53. The van der Waals surface area contributed by atoms with Crippen molar-refractivity contribution < 1.29 is 15.0 Å². The fraction of sp³-hybridized carbons (Fsp3) is 0.462. The number of aliphatic hydroxyl groups excluding tert-OH is 1. The van der Waals surface area contributed by atoms with Gasteiger partial charge in [0.15, 0.2) is 6.10 Å². The van der Waals surface area contributed by atoms with Crippen molar-refractivity contribution in [3.8, 4) is 0 Å². The molecule has 0 aromatic heterocycles. The summed E-state index contributed by atoms with van der Waals surface area (Å²) in [5.41, 5.74) is 2.69. The molecule has 0 heterocycles.